The van der Waals surface area contributed by atoms with Gasteiger partial charge in [-0.1, -0.05) is 26.3 Å². The first-order valence-electron chi connectivity index (χ1n) is 16.4. The molecule has 2 saturated heterocycles. The number of hydrogen-bond donors (Lipinski definition) is 1. The molecule has 6 rings (SSSR count). The summed E-state index contributed by atoms with van der Waals surface area (Å²) in [7, 11) is 4.23. The molecule has 5 aliphatic rings. The lowest BCUT2D eigenvalue weighted by Crippen LogP contribution is -2.47. The van der Waals surface area contributed by atoms with Crippen LogP contribution in [-0.2, 0) is 19.0 Å². The summed E-state index contributed by atoms with van der Waals surface area (Å²) in [5, 5.41) is 0.677. The molecule has 3 fully saturated rings. The zero-order valence-electron chi connectivity index (χ0n) is 25.7. The molecule has 1 unspecified atom stereocenters. The van der Waals surface area contributed by atoms with Crippen LogP contribution in [0.2, 0.25) is 0 Å². The van der Waals surface area contributed by atoms with Crippen LogP contribution >= 0.6 is 11.3 Å². The van der Waals surface area contributed by atoms with Crippen molar-refractivity contribution in [1.29, 1.82) is 0 Å². The van der Waals surface area contributed by atoms with E-state index in [2.05, 4.69) is 45.8 Å². The lowest BCUT2D eigenvalue weighted by atomic mass is 9.68. The Morgan fingerprint density at radius 1 is 1.07 bits per heavy atom. The second kappa shape index (κ2) is 12.4. The second-order valence-corrected chi connectivity index (χ2v) is 14.7. The maximum absolute atomic E-state index is 14.5. The minimum atomic E-state index is -0.259. The molecule has 2 N–H and O–H groups in total. The minimum absolute atomic E-state index is 0.101. The first-order chi connectivity index (χ1) is 19.8. The number of fused-ring (bicyclic) bond motifs is 8. The van der Waals surface area contributed by atoms with Gasteiger partial charge in [0.1, 0.15) is 0 Å². The molecular weight excluding hydrogens is 534 g/mol. The highest BCUT2D eigenvalue weighted by molar-refractivity contribution is 7.15. The first kappa shape index (κ1) is 29.7. The monoisotopic (exact) mass is 585 g/mol. The van der Waals surface area contributed by atoms with E-state index >= 15 is 0 Å². The second-order valence-electron chi connectivity index (χ2n) is 13.7. The number of ketones is 1. The van der Waals surface area contributed by atoms with Gasteiger partial charge in [0.2, 0.25) is 0 Å². The van der Waals surface area contributed by atoms with Crippen LogP contribution in [0.25, 0.3) is 0 Å². The van der Waals surface area contributed by atoms with Crippen LogP contribution in [0.3, 0.4) is 0 Å². The summed E-state index contributed by atoms with van der Waals surface area (Å²) in [6.45, 7) is 7.17. The summed E-state index contributed by atoms with van der Waals surface area (Å²) >= 11 is 1.67. The molecule has 11 atom stereocenters. The molecule has 0 radical (unpaired) electrons. The van der Waals surface area contributed by atoms with E-state index in [1.807, 2.05) is 0 Å². The zero-order chi connectivity index (χ0) is 28.8. The van der Waals surface area contributed by atoms with Crippen molar-refractivity contribution in [1.82, 2.24) is 9.88 Å². The lowest BCUT2D eigenvalue weighted by molar-refractivity contribution is -0.231. The van der Waals surface area contributed by atoms with Crippen LogP contribution in [0.4, 0.5) is 5.13 Å². The van der Waals surface area contributed by atoms with Gasteiger partial charge in [-0.05, 0) is 102 Å². The standard InChI is InChI=1S/C33H51N3O4S/c1-6-20-9-7-12-27(40-28-14-13-26(36(4)5)19(3)39-28)18(2)31(37)25-17-24-21-10-8-11-23(21)30-32(41-33(34)35-30)29(24)22(25)15-16-38-20/h17-24,26-29H,6-16H2,1-5H3,(H2,34,35)/t18-,19?,20+,21-,22-,23-,24+,26+,27+,28+,29+/m1/s1. The fourth-order valence-electron chi connectivity index (χ4n) is 8.99. The molecule has 3 aliphatic carbocycles. The number of ether oxygens (including phenoxy) is 3. The van der Waals surface area contributed by atoms with Crippen molar-refractivity contribution in [2.45, 2.75) is 127 Å². The van der Waals surface area contributed by atoms with Crippen molar-refractivity contribution >= 4 is 22.3 Å². The van der Waals surface area contributed by atoms with E-state index in [0.717, 1.165) is 50.5 Å². The highest BCUT2D eigenvalue weighted by atomic mass is 32.1. The largest absolute Gasteiger partial charge is 0.378 e. The topological polar surface area (TPSA) is 86.9 Å². The van der Waals surface area contributed by atoms with Crippen molar-refractivity contribution in [3.63, 3.8) is 0 Å². The van der Waals surface area contributed by atoms with E-state index in [1.54, 1.807) is 11.3 Å². The molecule has 1 aromatic rings. The molecule has 2 aliphatic heterocycles. The smallest absolute Gasteiger partial charge is 0.180 e. The van der Waals surface area contributed by atoms with Gasteiger partial charge in [0.05, 0.1) is 24.0 Å². The van der Waals surface area contributed by atoms with Gasteiger partial charge in [-0.3, -0.25) is 4.79 Å². The number of anilines is 1. The van der Waals surface area contributed by atoms with E-state index in [0.29, 0.717) is 41.5 Å². The number of thiazole rings is 1. The number of likely N-dealkylation sites (N-methyl/N-ethyl adjacent to an activating group) is 1. The Balaban J connectivity index is 1.29. The van der Waals surface area contributed by atoms with Crippen LogP contribution in [0.15, 0.2) is 11.6 Å². The fraction of sp³-hybridized carbons (Fsp3) is 0.818. The molecule has 0 bridgehead atoms. The molecular formula is C33H51N3O4S. The van der Waals surface area contributed by atoms with Gasteiger partial charge < -0.3 is 24.8 Å². The third kappa shape index (κ3) is 5.68. The molecule has 228 valence electrons. The maximum atomic E-state index is 14.5. The van der Waals surface area contributed by atoms with Gasteiger partial charge >= 0.3 is 0 Å². The number of nitrogens with zero attached hydrogens (tertiary/aromatic N) is 2. The number of Topliss-reactive ketones (excluding diaryl/α,β-unsaturated/α-hetero) is 1. The molecule has 0 amide bonds. The van der Waals surface area contributed by atoms with Crippen molar-refractivity contribution in [2.75, 3.05) is 26.4 Å². The normalized spacial score (nSPS) is 41.6. The Bertz CT molecular complexity index is 1120. The SMILES string of the molecule is CC[C@H]1CCC[C@H](O[C@H]2CC[C@H](N(C)C)C(C)O2)[C@@H](C)C(=O)C2=C[C@H]3[C@@H]4CCC[C@H]4c4nc(N)sc4[C@H]3[C@@H]2CCO1. The van der Waals surface area contributed by atoms with E-state index < -0.39 is 0 Å². The molecule has 7 nitrogen and oxygen atoms in total. The van der Waals surface area contributed by atoms with Gasteiger partial charge in [0.25, 0.3) is 0 Å². The van der Waals surface area contributed by atoms with Gasteiger partial charge in [0.15, 0.2) is 17.2 Å². The van der Waals surface area contributed by atoms with Crippen molar-refractivity contribution < 1.29 is 19.0 Å². The number of aromatic nitrogens is 1. The van der Waals surface area contributed by atoms with Gasteiger partial charge in [-0.15, -0.1) is 11.3 Å². The van der Waals surface area contributed by atoms with E-state index in [4.69, 9.17) is 24.9 Å². The van der Waals surface area contributed by atoms with Crippen molar-refractivity contribution in [2.24, 2.45) is 23.7 Å². The maximum Gasteiger partial charge on any atom is 0.180 e. The van der Waals surface area contributed by atoms with Gasteiger partial charge in [-0.2, -0.15) is 0 Å². The van der Waals surface area contributed by atoms with Gasteiger partial charge in [-0.25, -0.2) is 4.98 Å². The number of carbonyl (C=O) groups is 1. The average Bonchev–Trinajstić information content (AvgIpc) is 3.66. The van der Waals surface area contributed by atoms with E-state index in [9.17, 15) is 4.79 Å². The van der Waals surface area contributed by atoms with Gasteiger partial charge in [0, 0.05) is 35.3 Å². The Morgan fingerprint density at radius 2 is 1.88 bits per heavy atom. The number of rotatable bonds is 4. The van der Waals surface area contributed by atoms with Crippen molar-refractivity contribution in [3.8, 4) is 0 Å². The number of carbonyl (C=O) groups excluding carboxylic acids is 1. The zero-order valence-corrected chi connectivity index (χ0v) is 26.5. The minimum Gasteiger partial charge on any atom is -0.378 e. The predicted octanol–water partition coefficient (Wildman–Crippen LogP) is 6.29. The highest BCUT2D eigenvalue weighted by Crippen LogP contribution is 2.62. The number of nitrogen functional groups attached to an aromatic ring is 1. The van der Waals surface area contributed by atoms with E-state index in [-0.39, 0.29) is 42.2 Å². The van der Waals surface area contributed by atoms with Crippen LogP contribution in [0, 0.1) is 23.7 Å². The quantitative estimate of drug-likeness (QED) is 0.444. The molecule has 1 saturated carbocycles. The summed E-state index contributed by atoms with van der Waals surface area (Å²) in [4.78, 5) is 23.0. The third-order valence-electron chi connectivity index (χ3n) is 11.1. The average molecular weight is 586 g/mol. The first-order valence-corrected chi connectivity index (χ1v) is 17.2. The number of allylic oxidation sites excluding steroid dienone is 2. The van der Waals surface area contributed by atoms with Crippen LogP contribution in [0.5, 0.6) is 0 Å². The summed E-state index contributed by atoms with van der Waals surface area (Å²) < 4.78 is 19.6. The highest BCUT2D eigenvalue weighted by Gasteiger charge is 2.53. The number of nitrogens with two attached hydrogens (primary N) is 1. The fourth-order valence-corrected chi connectivity index (χ4v) is 10.1. The molecule has 3 heterocycles. The number of hydrogen-bond acceptors (Lipinski definition) is 8. The molecule has 1 aromatic heterocycles. The Hall–Kier alpha value is -1.32. The van der Waals surface area contributed by atoms with Crippen molar-refractivity contribution in [3.05, 3.63) is 22.2 Å². The van der Waals surface area contributed by atoms with Crippen LogP contribution < -0.4 is 5.73 Å². The lowest BCUT2D eigenvalue weighted by Gasteiger charge is -2.40. The summed E-state index contributed by atoms with van der Waals surface area (Å²) in [5.74, 6) is 1.94. The Labute approximate surface area is 250 Å². The Kier molecular flexibility index (Phi) is 8.96. The van der Waals surface area contributed by atoms with E-state index in [1.165, 1.54) is 29.8 Å². The summed E-state index contributed by atoms with van der Waals surface area (Å²) in [5.41, 5.74) is 8.59. The van der Waals surface area contributed by atoms with Crippen LogP contribution in [0.1, 0.15) is 107 Å². The third-order valence-corrected chi connectivity index (χ3v) is 12.1. The summed E-state index contributed by atoms with van der Waals surface area (Å²) in [6.07, 6.45) is 12.6. The molecule has 8 heteroatoms. The molecule has 0 spiro atoms. The van der Waals surface area contributed by atoms with Crippen LogP contribution in [-0.4, -0.2) is 67.0 Å². The molecule has 0 aromatic carbocycles. The summed E-state index contributed by atoms with van der Waals surface area (Å²) in [6, 6.07) is 0.394. The molecule has 41 heavy (non-hydrogen) atoms. The predicted molar refractivity (Wildman–Crippen MR) is 163 cm³/mol. The Morgan fingerprint density at radius 3 is 2.63 bits per heavy atom.